The minimum absolute atomic E-state index is 0.0770. The topological polar surface area (TPSA) is 91.5 Å². The number of piperidine rings is 1. The Morgan fingerprint density at radius 1 is 1.32 bits per heavy atom. The molecule has 1 unspecified atom stereocenters. The van der Waals surface area contributed by atoms with Crippen LogP contribution in [0.4, 0.5) is 4.79 Å². The second-order valence-electron chi connectivity index (χ2n) is 6.41. The first kappa shape index (κ1) is 17.4. The molecule has 1 aromatic carbocycles. The molecule has 1 aromatic heterocycles. The second kappa shape index (κ2) is 8.11. The van der Waals surface area contributed by atoms with Crippen molar-refractivity contribution in [2.75, 3.05) is 19.6 Å². The highest BCUT2D eigenvalue weighted by Gasteiger charge is 2.25. The number of aliphatic hydroxyl groups is 1. The zero-order valence-corrected chi connectivity index (χ0v) is 14.4. The number of hydrogen-bond donors (Lipinski definition) is 2. The summed E-state index contributed by atoms with van der Waals surface area (Å²) in [6, 6.07) is 9.51. The molecule has 2 amide bonds. The van der Waals surface area contributed by atoms with E-state index in [2.05, 4.69) is 15.5 Å². The average Bonchev–Trinajstić information content (AvgIpc) is 3.11. The van der Waals surface area contributed by atoms with E-state index < -0.39 is 0 Å². The molecule has 0 bridgehead atoms. The van der Waals surface area contributed by atoms with Crippen molar-refractivity contribution in [3.63, 3.8) is 0 Å². The van der Waals surface area contributed by atoms with Gasteiger partial charge in [-0.15, -0.1) is 10.2 Å². The minimum Gasteiger partial charge on any atom is -0.421 e. The molecule has 134 valence electrons. The Labute approximate surface area is 147 Å². The van der Waals surface area contributed by atoms with Gasteiger partial charge in [0.25, 0.3) is 0 Å². The van der Waals surface area contributed by atoms with Crippen molar-refractivity contribution in [2.24, 2.45) is 5.92 Å². The zero-order chi connectivity index (χ0) is 17.6. The molecular weight excluding hydrogens is 320 g/mol. The van der Waals surface area contributed by atoms with Gasteiger partial charge in [-0.05, 0) is 37.8 Å². The number of carbonyl (C=O) groups is 1. The first-order valence-electron chi connectivity index (χ1n) is 8.72. The van der Waals surface area contributed by atoms with Gasteiger partial charge in [0.05, 0.1) is 6.10 Å². The van der Waals surface area contributed by atoms with E-state index in [9.17, 15) is 9.90 Å². The molecule has 2 heterocycles. The first-order chi connectivity index (χ1) is 12.1. The summed E-state index contributed by atoms with van der Waals surface area (Å²) in [5.41, 5.74) is 0.881. The van der Waals surface area contributed by atoms with Crippen molar-refractivity contribution >= 4 is 6.03 Å². The molecule has 0 spiro atoms. The molecule has 7 nitrogen and oxygen atoms in total. The van der Waals surface area contributed by atoms with Crippen LogP contribution < -0.4 is 5.32 Å². The summed E-state index contributed by atoms with van der Waals surface area (Å²) >= 11 is 0. The van der Waals surface area contributed by atoms with E-state index in [-0.39, 0.29) is 12.1 Å². The Morgan fingerprint density at radius 2 is 2.04 bits per heavy atom. The third-order valence-corrected chi connectivity index (χ3v) is 4.61. The number of amides is 2. The van der Waals surface area contributed by atoms with Gasteiger partial charge in [0.15, 0.2) is 0 Å². The molecule has 0 radical (unpaired) electrons. The molecule has 0 aliphatic carbocycles. The maximum absolute atomic E-state index is 12.2. The summed E-state index contributed by atoms with van der Waals surface area (Å²) in [5, 5.41) is 20.6. The lowest BCUT2D eigenvalue weighted by Crippen LogP contribution is -2.46. The summed E-state index contributed by atoms with van der Waals surface area (Å²) < 4.78 is 5.62. The third kappa shape index (κ3) is 4.57. The summed E-state index contributed by atoms with van der Waals surface area (Å²) in [6.45, 7) is 3.63. The van der Waals surface area contributed by atoms with Crippen molar-refractivity contribution in [3.05, 3.63) is 36.2 Å². The zero-order valence-electron chi connectivity index (χ0n) is 14.4. The Balaban J connectivity index is 1.43. The molecule has 1 aliphatic heterocycles. The molecule has 1 saturated heterocycles. The van der Waals surface area contributed by atoms with Crippen LogP contribution in [0.15, 0.2) is 34.7 Å². The molecule has 3 rings (SSSR count). The number of urea groups is 1. The smallest absolute Gasteiger partial charge is 0.317 e. The van der Waals surface area contributed by atoms with Crippen LogP contribution in [0.2, 0.25) is 0 Å². The monoisotopic (exact) mass is 344 g/mol. The molecule has 7 heteroatoms. The van der Waals surface area contributed by atoms with Gasteiger partial charge < -0.3 is 19.7 Å². The standard InChI is InChI=1S/C18H24N4O3/c1-13(23)14-8-11-22(12-9-14)18(24)19-10-7-16-20-21-17(25-16)15-5-3-2-4-6-15/h2-6,13-14,23H,7-12H2,1H3,(H,19,24). The molecule has 1 fully saturated rings. The number of hydrogen-bond acceptors (Lipinski definition) is 5. The maximum Gasteiger partial charge on any atom is 0.317 e. The van der Waals surface area contributed by atoms with Crippen molar-refractivity contribution in [1.82, 2.24) is 20.4 Å². The van der Waals surface area contributed by atoms with Crippen LogP contribution in [0.25, 0.3) is 11.5 Å². The predicted octanol–water partition coefficient (Wildman–Crippen LogP) is 2.08. The predicted molar refractivity (Wildman–Crippen MR) is 92.8 cm³/mol. The highest BCUT2D eigenvalue weighted by atomic mass is 16.4. The van der Waals surface area contributed by atoms with Gasteiger partial charge in [-0.2, -0.15) is 0 Å². The van der Waals surface area contributed by atoms with Gasteiger partial charge in [-0.25, -0.2) is 4.79 Å². The summed E-state index contributed by atoms with van der Waals surface area (Å²) in [5.74, 6) is 1.29. The lowest BCUT2D eigenvalue weighted by atomic mass is 9.92. The number of carbonyl (C=O) groups excluding carboxylic acids is 1. The van der Waals surface area contributed by atoms with Gasteiger partial charge >= 0.3 is 6.03 Å². The van der Waals surface area contributed by atoms with Gasteiger partial charge in [0.2, 0.25) is 11.8 Å². The SMILES string of the molecule is CC(O)C1CCN(C(=O)NCCc2nnc(-c3ccccc3)o2)CC1. The van der Waals surface area contributed by atoms with Crippen LogP contribution in [0, 0.1) is 5.92 Å². The summed E-state index contributed by atoms with van der Waals surface area (Å²) in [6.07, 6.45) is 1.88. The Morgan fingerprint density at radius 3 is 2.72 bits per heavy atom. The van der Waals surface area contributed by atoms with E-state index >= 15 is 0 Å². The van der Waals surface area contributed by atoms with E-state index in [0.717, 1.165) is 18.4 Å². The fourth-order valence-electron chi connectivity index (χ4n) is 3.03. The lowest BCUT2D eigenvalue weighted by Gasteiger charge is -2.33. The number of nitrogens with one attached hydrogen (secondary N) is 1. The van der Waals surface area contributed by atoms with Crippen LogP contribution in [-0.4, -0.2) is 52.0 Å². The van der Waals surface area contributed by atoms with Crippen molar-refractivity contribution in [2.45, 2.75) is 32.3 Å². The Bertz CT molecular complexity index is 679. The number of benzene rings is 1. The Kier molecular flexibility index (Phi) is 5.65. The van der Waals surface area contributed by atoms with E-state index in [1.54, 1.807) is 4.90 Å². The van der Waals surface area contributed by atoms with Gasteiger partial charge in [-0.1, -0.05) is 18.2 Å². The summed E-state index contributed by atoms with van der Waals surface area (Å²) in [4.78, 5) is 14.0. The highest BCUT2D eigenvalue weighted by molar-refractivity contribution is 5.74. The van der Waals surface area contributed by atoms with E-state index in [4.69, 9.17) is 4.42 Å². The van der Waals surface area contributed by atoms with Crippen LogP contribution in [-0.2, 0) is 6.42 Å². The lowest BCUT2D eigenvalue weighted by molar-refractivity contribution is 0.0798. The van der Waals surface area contributed by atoms with E-state index in [1.807, 2.05) is 37.3 Å². The first-order valence-corrected chi connectivity index (χ1v) is 8.72. The van der Waals surface area contributed by atoms with Crippen LogP contribution >= 0.6 is 0 Å². The van der Waals surface area contributed by atoms with Gasteiger partial charge in [0.1, 0.15) is 0 Å². The van der Waals surface area contributed by atoms with Crippen molar-refractivity contribution in [1.29, 1.82) is 0 Å². The molecule has 2 aromatic rings. The van der Waals surface area contributed by atoms with Crippen molar-refractivity contribution in [3.8, 4) is 11.5 Å². The largest absolute Gasteiger partial charge is 0.421 e. The quantitative estimate of drug-likeness (QED) is 0.866. The Hall–Kier alpha value is -2.41. The molecule has 25 heavy (non-hydrogen) atoms. The normalized spacial score (nSPS) is 16.6. The number of nitrogens with zero attached hydrogens (tertiary/aromatic N) is 3. The fraction of sp³-hybridized carbons (Fsp3) is 0.500. The van der Waals surface area contributed by atoms with Gasteiger partial charge in [-0.3, -0.25) is 0 Å². The van der Waals surface area contributed by atoms with E-state index in [0.29, 0.717) is 43.8 Å². The molecule has 2 N–H and O–H groups in total. The summed E-state index contributed by atoms with van der Waals surface area (Å²) in [7, 11) is 0. The minimum atomic E-state index is -0.304. The maximum atomic E-state index is 12.2. The molecule has 0 saturated carbocycles. The number of aromatic nitrogens is 2. The number of aliphatic hydroxyl groups excluding tert-OH is 1. The van der Waals surface area contributed by atoms with Gasteiger partial charge in [0, 0.05) is 31.6 Å². The number of rotatable bonds is 5. The molecule has 1 atom stereocenters. The highest BCUT2D eigenvalue weighted by Crippen LogP contribution is 2.20. The molecular formula is C18H24N4O3. The number of likely N-dealkylation sites (tertiary alicyclic amines) is 1. The van der Waals surface area contributed by atoms with Crippen LogP contribution in [0.1, 0.15) is 25.7 Å². The van der Waals surface area contributed by atoms with Crippen molar-refractivity contribution < 1.29 is 14.3 Å². The van der Waals surface area contributed by atoms with Crippen LogP contribution in [0.3, 0.4) is 0 Å². The van der Waals surface area contributed by atoms with Crippen LogP contribution in [0.5, 0.6) is 0 Å². The fourth-order valence-corrected chi connectivity index (χ4v) is 3.03. The third-order valence-electron chi connectivity index (χ3n) is 4.61. The van der Waals surface area contributed by atoms with E-state index in [1.165, 1.54) is 0 Å². The average molecular weight is 344 g/mol. The second-order valence-corrected chi connectivity index (χ2v) is 6.41. The molecule has 1 aliphatic rings.